The van der Waals surface area contributed by atoms with E-state index in [0.717, 1.165) is 102 Å². The second-order valence-electron chi connectivity index (χ2n) is 32.6. The van der Waals surface area contributed by atoms with Gasteiger partial charge in [0, 0.05) is 25.7 Å². The van der Waals surface area contributed by atoms with E-state index >= 15 is 0 Å². The number of unbranched alkanes of at least 4 members (excludes halogenated alkanes) is 57. The molecule has 2 unspecified atom stereocenters. The third-order valence-electron chi connectivity index (χ3n) is 20.7. The van der Waals surface area contributed by atoms with Crippen LogP contribution < -0.4 is 0 Å². The summed E-state index contributed by atoms with van der Waals surface area (Å²) in [5.41, 5.74) is 0. The molecule has 0 saturated heterocycles. The lowest BCUT2D eigenvalue weighted by molar-refractivity contribution is -0.161. The normalized spacial score (nSPS) is 13.8. The molecular weight excluding hydrogens is 1390 g/mol. The summed E-state index contributed by atoms with van der Waals surface area (Å²) >= 11 is 0. The molecule has 0 radical (unpaired) electrons. The molecule has 0 amide bonds. The van der Waals surface area contributed by atoms with Gasteiger partial charge in [0.15, 0.2) is 12.2 Å². The smallest absolute Gasteiger partial charge is 0.462 e. The van der Waals surface area contributed by atoms with Gasteiger partial charge in [-0.15, -0.1) is 0 Å². The van der Waals surface area contributed by atoms with Crippen molar-refractivity contribution >= 4 is 39.5 Å². The van der Waals surface area contributed by atoms with Gasteiger partial charge in [-0.1, -0.05) is 420 Å². The van der Waals surface area contributed by atoms with Crippen molar-refractivity contribution in [1.82, 2.24) is 0 Å². The Hall–Kier alpha value is -1.94. The Morgan fingerprint density at radius 2 is 0.430 bits per heavy atom. The zero-order valence-corrected chi connectivity index (χ0v) is 72.2. The molecule has 3 N–H and O–H groups in total. The van der Waals surface area contributed by atoms with Gasteiger partial charge in [0.25, 0.3) is 0 Å². The molecule has 17 nitrogen and oxygen atoms in total. The zero-order chi connectivity index (χ0) is 78.5. The molecule has 0 fully saturated rings. The molecule has 0 saturated carbocycles. The standard InChI is InChI=1S/C88H172O17P2/c1-7-9-11-13-15-17-19-21-23-27-32-36-40-46-52-58-64-70-85(90)98-76-83(104-87(92)73-67-61-55-48-42-38-34-30-26-25-29-31-35-39-44-50-56-62-68-80(3)4)78-102-106(94,95)100-74-82(89)75-101-107(96,97)103-79-84(77-99-86(91)71-65-59-53-49-43-45-51-57-63-69-81(5)6)105-88(93)72-66-60-54-47-41-37-33-28-24-22-20-18-16-14-12-10-8-2/h80-84,89H,7-79H2,1-6H3,(H,94,95)(H,96,97)/t82-,83-,84-/m1/s1. The predicted molar refractivity (Wildman–Crippen MR) is 442 cm³/mol. The molecule has 0 aliphatic carbocycles. The number of aliphatic hydroxyl groups is 1. The molecule has 19 heteroatoms. The highest BCUT2D eigenvalue weighted by molar-refractivity contribution is 7.47. The lowest BCUT2D eigenvalue weighted by atomic mass is 10.0. The Labute approximate surface area is 658 Å². The molecule has 636 valence electrons. The molecule has 5 atom stereocenters. The lowest BCUT2D eigenvalue weighted by Crippen LogP contribution is -2.30. The first-order chi connectivity index (χ1) is 51.9. The van der Waals surface area contributed by atoms with Crippen molar-refractivity contribution in [3.63, 3.8) is 0 Å². The van der Waals surface area contributed by atoms with Crippen molar-refractivity contribution in [3.05, 3.63) is 0 Å². The molecule has 0 heterocycles. The van der Waals surface area contributed by atoms with Crippen LogP contribution in [-0.4, -0.2) is 96.7 Å². The average molecular weight is 1560 g/mol. The van der Waals surface area contributed by atoms with Crippen molar-refractivity contribution in [2.45, 2.75) is 490 Å². The lowest BCUT2D eigenvalue weighted by Gasteiger charge is -2.21. The Balaban J connectivity index is 5.25. The quantitative estimate of drug-likeness (QED) is 0.0222. The van der Waals surface area contributed by atoms with E-state index in [-0.39, 0.29) is 25.7 Å². The first-order valence-corrected chi connectivity index (χ1v) is 48.5. The Bertz CT molecular complexity index is 2050. The van der Waals surface area contributed by atoms with Gasteiger partial charge in [-0.25, -0.2) is 9.13 Å². The molecular formula is C88H172O17P2. The topological polar surface area (TPSA) is 237 Å². The molecule has 107 heavy (non-hydrogen) atoms. The maximum Gasteiger partial charge on any atom is 0.472 e. The Kier molecular flexibility index (Phi) is 77.9. The van der Waals surface area contributed by atoms with Crippen LogP contribution in [0.1, 0.15) is 472 Å². The van der Waals surface area contributed by atoms with Crippen molar-refractivity contribution in [2.24, 2.45) is 11.8 Å². The highest BCUT2D eigenvalue weighted by atomic mass is 31.2. The summed E-state index contributed by atoms with van der Waals surface area (Å²) in [6.07, 6.45) is 72.2. The van der Waals surface area contributed by atoms with Crippen molar-refractivity contribution in [2.75, 3.05) is 39.6 Å². The summed E-state index contributed by atoms with van der Waals surface area (Å²) in [5, 5.41) is 10.7. The minimum atomic E-state index is -4.97. The number of hydrogen-bond acceptors (Lipinski definition) is 15. The summed E-state index contributed by atoms with van der Waals surface area (Å²) in [6.45, 7) is 9.71. The van der Waals surface area contributed by atoms with Crippen LogP contribution >= 0.6 is 15.6 Å². The van der Waals surface area contributed by atoms with E-state index < -0.39 is 97.5 Å². The van der Waals surface area contributed by atoms with Crippen LogP contribution in [-0.2, 0) is 65.4 Å². The third kappa shape index (κ3) is 81.9. The van der Waals surface area contributed by atoms with Crippen LogP contribution in [0.5, 0.6) is 0 Å². The summed E-state index contributed by atoms with van der Waals surface area (Å²) in [6, 6.07) is 0. The Morgan fingerprint density at radius 3 is 0.636 bits per heavy atom. The van der Waals surface area contributed by atoms with Crippen LogP contribution in [0.2, 0.25) is 0 Å². The van der Waals surface area contributed by atoms with E-state index in [1.54, 1.807) is 0 Å². The number of phosphoric ester groups is 2. The van der Waals surface area contributed by atoms with Gasteiger partial charge in [0.2, 0.25) is 0 Å². The average Bonchev–Trinajstić information content (AvgIpc) is 0.903. The Morgan fingerprint density at radius 1 is 0.252 bits per heavy atom. The van der Waals surface area contributed by atoms with Gasteiger partial charge in [-0.05, 0) is 37.5 Å². The number of aliphatic hydroxyl groups excluding tert-OH is 1. The van der Waals surface area contributed by atoms with Crippen molar-refractivity contribution < 1.29 is 80.2 Å². The molecule has 0 rings (SSSR count). The van der Waals surface area contributed by atoms with E-state index in [1.165, 1.54) is 289 Å². The van der Waals surface area contributed by atoms with Crippen LogP contribution in [0.25, 0.3) is 0 Å². The number of ether oxygens (including phenoxy) is 4. The highest BCUT2D eigenvalue weighted by Crippen LogP contribution is 2.45. The summed E-state index contributed by atoms with van der Waals surface area (Å²) < 4.78 is 69.0. The molecule has 0 aromatic heterocycles. The molecule has 0 aromatic rings. The highest BCUT2D eigenvalue weighted by Gasteiger charge is 2.30. The van der Waals surface area contributed by atoms with Gasteiger partial charge in [-0.2, -0.15) is 0 Å². The van der Waals surface area contributed by atoms with Crippen LogP contribution in [0.15, 0.2) is 0 Å². The van der Waals surface area contributed by atoms with Gasteiger partial charge in [0.1, 0.15) is 19.3 Å². The van der Waals surface area contributed by atoms with E-state index in [1.807, 2.05) is 0 Å². The van der Waals surface area contributed by atoms with E-state index in [2.05, 4.69) is 41.5 Å². The van der Waals surface area contributed by atoms with Gasteiger partial charge in [-0.3, -0.25) is 37.3 Å². The minimum Gasteiger partial charge on any atom is -0.462 e. The van der Waals surface area contributed by atoms with Gasteiger partial charge >= 0.3 is 39.5 Å². The van der Waals surface area contributed by atoms with E-state index in [0.29, 0.717) is 25.7 Å². The minimum absolute atomic E-state index is 0.108. The monoisotopic (exact) mass is 1560 g/mol. The summed E-state index contributed by atoms with van der Waals surface area (Å²) in [4.78, 5) is 73.3. The molecule has 0 aliphatic heterocycles. The molecule has 0 spiro atoms. The van der Waals surface area contributed by atoms with E-state index in [9.17, 15) is 43.2 Å². The van der Waals surface area contributed by atoms with Crippen LogP contribution in [0, 0.1) is 11.8 Å². The first-order valence-electron chi connectivity index (χ1n) is 45.5. The number of hydrogen-bond donors (Lipinski definition) is 3. The third-order valence-corrected chi connectivity index (χ3v) is 22.6. The fraction of sp³-hybridized carbons (Fsp3) is 0.955. The number of rotatable bonds is 87. The number of phosphoric acid groups is 2. The van der Waals surface area contributed by atoms with Crippen LogP contribution in [0.3, 0.4) is 0 Å². The largest absolute Gasteiger partial charge is 0.472 e. The SMILES string of the molecule is CCCCCCCCCCCCCCCCCCCC(=O)OC[C@H](COP(=O)(O)OC[C@@H](O)COP(=O)(O)OC[C@@H](COC(=O)CCCCCCCCCCCC(C)C)OC(=O)CCCCCCCCCCCCCCCCCCC)OC(=O)CCCCCCCCCCCCCCCCCCCCC(C)C. The fourth-order valence-electron chi connectivity index (χ4n) is 13.8. The number of carbonyl (C=O) groups is 4. The van der Waals surface area contributed by atoms with Crippen molar-refractivity contribution in [1.29, 1.82) is 0 Å². The predicted octanol–water partition coefficient (Wildman–Crippen LogP) is 27.0. The van der Waals surface area contributed by atoms with Gasteiger partial charge < -0.3 is 33.8 Å². The zero-order valence-electron chi connectivity index (χ0n) is 70.5. The number of carbonyl (C=O) groups excluding carboxylic acids is 4. The fourth-order valence-corrected chi connectivity index (χ4v) is 15.4. The second-order valence-corrected chi connectivity index (χ2v) is 35.5. The second kappa shape index (κ2) is 79.3. The molecule has 0 bridgehead atoms. The maximum atomic E-state index is 13.2. The maximum absolute atomic E-state index is 13.2. The number of esters is 4. The first kappa shape index (κ1) is 105. The van der Waals surface area contributed by atoms with Crippen molar-refractivity contribution in [3.8, 4) is 0 Å². The molecule has 0 aliphatic rings. The summed E-state index contributed by atoms with van der Waals surface area (Å²) in [5.74, 6) is -0.534. The van der Waals surface area contributed by atoms with Gasteiger partial charge in [0.05, 0.1) is 26.4 Å². The van der Waals surface area contributed by atoms with Crippen LogP contribution in [0.4, 0.5) is 0 Å². The van der Waals surface area contributed by atoms with E-state index in [4.69, 9.17) is 37.0 Å². The molecule has 0 aromatic carbocycles. The summed E-state index contributed by atoms with van der Waals surface area (Å²) in [7, 11) is -9.93.